The molecule has 0 aliphatic carbocycles. The van der Waals surface area contributed by atoms with E-state index in [1.165, 1.54) is 38.9 Å². The van der Waals surface area contributed by atoms with Gasteiger partial charge in [0.05, 0.1) is 0 Å². The number of nitrogens with one attached hydrogen (secondary N) is 1. The summed E-state index contributed by atoms with van der Waals surface area (Å²) in [5, 5.41) is 4.18. The van der Waals surface area contributed by atoms with Crippen molar-refractivity contribution in [2.24, 2.45) is 0 Å². The Labute approximate surface area is 127 Å². The maximum Gasteiger partial charge on any atom is 0.121 e. The molecule has 0 bridgehead atoms. The third-order valence-corrected chi connectivity index (χ3v) is 3.83. The molecule has 2 rings (SSSR count). The van der Waals surface area contributed by atoms with E-state index in [4.69, 9.17) is 16.3 Å². The normalized spacial score (nSPS) is 17.3. The molecule has 1 fully saturated rings. The summed E-state index contributed by atoms with van der Waals surface area (Å²) in [6.45, 7) is 7.79. The highest BCUT2D eigenvalue weighted by molar-refractivity contribution is 6.30. The number of likely N-dealkylation sites (tertiary alicyclic amines) is 1. The minimum atomic E-state index is 0.153. The molecule has 1 aromatic carbocycles. The molecular formula is C16H25ClN2O. The van der Waals surface area contributed by atoms with Crippen LogP contribution in [0.4, 0.5) is 0 Å². The van der Waals surface area contributed by atoms with Crippen molar-refractivity contribution in [1.29, 1.82) is 0 Å². The molecule has 4 heteroatoms. The van der Waals surface area contributed by atoms with Gasteiger partial charge in [-0.15, -0.1) is 0 Å². The fourth-order valence-electron chi connectivity index (χ4n) is 2.55. The van der Waals surface area contributed by atoms with Crippen molar-refractivity contribution in [3.63, 3.8) is 0 Å². The van der Waals surface area contributed by atoms with Crippen LogP contribution in [-0.2, 0) is 0 Å². The predicted molar refractivity (Wildman–Crippen MR) is 84.7 cm³/mol. The second kappa shape index (κ2) is 8.50. The third-order valence-electron chi connectivity index (χ3n) is 3.59. The van der Waals surface area contributed by atoms with Crippen LogP contribution in [-0.4, -0.2) is 43.7 Å². The average molecular weight is 297 g/mol. The Hall–Kier alpha value is -0.770. The Morgan fingerprint density at radius 1 is 1.35 bits per heavy atom. The van der Waals surface area contributed by atoms with Crippen molar-refractivity contribution in [2.45, 2.75) is 32.3 Å². The number of benzene rings is 1. The van der Waals surface area contributed by atoms with Crippen LogP contribution >= 0.6 is 11.6 Å². The molecule has 1 heterocycles. The van der Waals surface area contributed by atoms with Gasteiger partial charge in [0.2, 0.25) is 0 Å². The molecule has 0 amide bonds. The molecule has 1 saturated heterocycles. The summed E-state index contributed by atoms with van der Waals surface area (Å²) in [5.74, 6) is 0.837. The van der Waals surface area contributed by atoms with Gasteiger partial charge in [-0.2, -0.15) is 0 Å². The van der Waals surface area contributed by atoms with Crippen LogP contribution in [0.3, 0.4) is 0 Å². The Balaban J connectivity index is 1.54. The van der Waals surface area contributed by atoms with E-state index in [0.717, 1.165) is 18.8 Å². The third kappa shape index (κ3) is 5.70. The number of nitrogens with zero attached hydrogens (tertiary/aromatic N) is 1. The molecule has 0 spiro atoms. The Morgan fingerprint density at radius 3 is 2.90 bits per heavy atom. The van der Waals surface area contributed by atoms with Crippen LogP contribution in [0, 0.1) is 0 Å². The molecule has 0 radical (unpaired) electrons. The van der Waals surface area contributed by atoms with Crippen molar-refractivity contribution < 1.29 is 4.74 Å². The van der Waals surface area contributed by atoms with Gasteiger partial charge in [0.15, 0.2) is 0 Å². The molecule has 1 unspecified atom stereocenters. The van der Waals surface area contributed by atoms with E-state index in [1.807, 2.05) is 24.3 Å². The standard InChI is InChI=1S/C16H25ClN2O/c1-14(20-16-7-4-6-15(17)12-16)13-18-8-5-11-19-9-2-3-10-19/h4,6-7,12,14,18H,2-3,5,8-11,13H2,1H3. The molecule has 1 aliphatic rings. The molecular weight excluding hydrogens is 272 g/mol. The highest BCUT2D eigenvalue weighted by atomic mass is 35.5. The first kappa shape index (κ1) is 15.6. The molecule has 20 heavy (non-hydrogen) atoms. The monoisotopic (exact) mass is 296 g/mol. The fraction of sp³-hybridized carbons (Fsp3) is 0.625. The van der Waals surface area contributed by atoms with Crippen molar-refractivity contribution in [3.8, 4) is 5.75 Å². The maximum absolute atomic E-state index is 5.94. The molecule has 1 N–H and O–H groups in total. The van der Waals surface area contributed by atoms with Gasteiger partial charge >= 0.3 is 0 Å². The summed E-state index contributed by atoms with van der Waals surface area (Å²) in [6.07, 6.45) is 4.11. The average Bonchev–Trinajstić information content (AvgIpc) is 2.91. The van der Waals surface area contributed by atoms with Crippen molar-refractivity contribution in [2.75, 3.05) is 32.7 Å². The second-order valence-corrected chi connectivity index (χ2v) is 5.93. The highest BCUT2D eigenvalue weighted by Crippen LogP contribution is 2.18. The summed E-state index contributed by atoms with van der Waals surface area (Å²) in [5.41, 5.74) is 0. The van der Waals surface area contributed by atoms with E-state index in [1.54, 1.807) is 0 Å². The first-order valence-electron chi connectivity index (χ1n) is 7.59. The molecule has 1 aromatic rings. The number of hydrogen-bond acceptors (Lipinski definition) is 3. The first-order chi connectivity index (χ1) is 9.74. The van der Waals surface area contributed by atoms with Crippen LogP contribution < -0.4 is 10.1 Å². The van der Waals surface area contributed by atoms with E-state index in [9.17, 15) is 0 Å². The van der Waals surface area contributed by atoms with Crippen LogP contribution in [0.15, 0.2) is 24.3 Å². The van der Waals surface area contributed by atoms with E-state index in [2.05, 4.69) is 17.1 Å². The van der Waals surface area contributed by atoms with E-state index >= 15 is 0 Å². The van der Waals surface area contributed by atoms with Gasteiger partial charge in [0.25, 0.3) is 0 Å². The zero-order chi connectivity index (χ0) is 14.2. The zero-order valence-corrected chi connectivity index (χ0v) is 13.0. The van der Waals surface area contributed by atoms with Crippen molar-refractivity contribution in [3.05, 3.63) is 29.3 Å². The summed E-state index contributed by atoms with van der Waals surface area (Å²) in [7, 11) is 0. The van der Waals surface area contributed by atoms with E-state index in [-0.39, 0.29) is 6.10 Å². The zero-order valence-electron chi connectivity index (χ0n) is 12.3. The highest BCUT2D eigenvalue weighted by Gasteiger charge is 2.10. The van der Waals surface area contributed by atoms with Gasteiger partial charge in [-0.25, -0.2) is 0 Å². The quantitative estimate of drug-likeness (QED) is 0.746. The molecule has 0 saturated carbocycles. The molecule has 112 valence electrons. The van der Waals surface area contributed by atoms with E-state index in [0.29, 0.717) is 5.02 Å². The summed E-state index contributed by atoms with van der Waals surface area (Å²) >= 11 is 5.94. The molecule has 3 nitrogen and oxygen atoms in total. The van der Waals surface area contributed by atoms with Gasteiger partial charge in [-0.05, 0) is 70.6 Å². The largest absolute Gasteiger partial charge is 0.489 e. The molecule has 1 aliphatic heterocycles. The SMILES string of the molecule is CC(CNCCCN1CCCC1)Oc1cccc(Cl)c1. The fourth-order valence-corrected chi connectivity index (χ4v) is 2.73. The maximum atomic E-state index is 5.94. The Kier molecular flexibility index (Phi) is 6.64. The summed E-state index contributed by atoms with van der Waals surface area (Å²) in [4.78, 5) is 2.55. The number of hydrogen-bond donors (Lipinski definition) is 1. The summed E-state index contributed by atoms with van der Waals surface area (Å²) < 4.78 is 5.82. The Bertz CT molecular complexity index is 394. The lowest BCUT2D eigenvalue weighted by atomic mass is 10.3. The second-order valence-electron chi connectivity index (χ2n) is 5.49. The first-order valence-corrected chi connectivity index (χ1v) is 7.97. The van der Waals surface area contributed by atoms with Gasteiger partial charge in [0.1, 0.15) is 11.9 Å². The number of rotatable bonds is 8. The predicted octanol–water partition coefficient (Wildman–Crippen LogP) is 3.18. The Morgan fingerprint density at radius 2 is 2.15 bits per heavy atom. The number of halogens is 1. The smallest absolute Gasteiger partial charge is 0.121 e. The van der Waals surface area contributed by atoms with Crippen molar-refractivity contribution in [1.82, 2.24) is 10.2 Å². The lowest BCUT2D eigenvalue weighted by Crippen LogP contribution is -2.31. The van der Waals surface area contributed by atoms with Gasteiger partial charge in [-0.1, -0.05) is 17.7 Å². The van der Waals surface area contributed by atoms with Crippen molar-refractivity contribution >= 4 is 11.6 Å². The van der Waals surface area contributed by atoms with Crippen LogP contribution in [0.25, 0.3) is 0 Å². The minimum Gasteiger partial charge on any atom is -0.489 e. The van der Waals surface area contributed by atoms with Gasteiger partial charge in [0, 0.05) is 11.6 Å². The lowest BCUT2D eigenvalue weighted by molar-refractivity contribution is 0.216. The van der Waals surface area contributed by atoms with Crippen LogP contribution in [0.2, 0.25) is 5.02 Å². The lowest BCUT2D eigenvalue weighted by Gasteiger charge is -2.17. The topological polar surface area (TPSA) is 24.5 Å². The van der Waals surface area contributed by atoms with Crippen LogP contribution in [0.1, 0.15) is 26.2 Å². The molecule has 1 atom stereocenters. The van der Waals surface area contributed by atoms with Gasteiger partial charge in [-0.3, -0.25) is 0 Å². The number of ether oxygens (including phenoxy) is 1. The molecule has 0 aromatic heterocycles. The van der Waals surface area contributed by atoms with Crippen LogP contribution in [0.5, 0.6) is 5.75 Å². The van der Waals surface area contributed by atoms with E-state index < -0.39 is 0 Å². The van der Waals surface area contributed by atoms with Gasteiger partial charge < -0.3 is 15.0 Å². The minimum absolute atomic E-state index is 0.153. The summed E-state index contributed by atoms with van der Waals surface area (Å²) in [6, 6.07) is 7.56.